The predicted octanol–water partition coefficient (Wildman–Crippen LogP) is 10.9. The van der Waals surface area contributed by atoms with Gasteiger partial charge in [-0.2, -0.15) is 0 Å². The number of carbonyl (C=O) groups is 2. The quantitative estimate of drug-likeness (QED) is 0.104. The highest BCUT2D eigenvalue weighted by molar-refractivity contribution is 7.98. The number of aryl methyl sites for hydroxylation is 4. The molecule has 0 aliphatic heterocycles. The molecule has 72 heavy (non-hydrogen) atoms. The molecule has 13 nitrogen and oxygen atoms in total. The number of carboxylic acid groups (broad SMARTS) is 1. The van der Waals surface area contributed by atoms with Crippen molar-refractivity contribution in [3.05, 3.63) is 162 Å². The first-order valence-corrected chi connectivity index (χ1v) is 25.1. The molecule has 0 unspecified atom stereocenters. The van der Waals surface area contributed by atoms with Crippen molar-refractivity contribution in [3.63, 3.8) is 0 Å². The molecule has 6 aromatic rings. The second kappa shape index (κ2) is 25.4. The first-order valence-electron chi connectivity index (χ1n) is 22.7. The SMILES string of the molecule is C.COc1cc2c(c(OC)c1OC)-c1ccc(SC)c(=O)cc1[C@@H](N)CC2.COc1cc2c(c(OC)c1OC)-c1ccc(SC)c(=O)cc1[C@@H](NC(=O)c1cccc(C)c1)CC2.Cc1cccc(C(=O)O)c1. The number of nitrogens with two attached hydrogens (primary N) is 1. The summed E-state index contributed by atoms with van der Waals surface area (Å²) in [6, 6.07) is 28.5. The van der Waals surface area contributed by atoms with Crippen LogP contribution in [0.25, 0.3) is 22.3 Å². The zero-order chi connectivity index (χ0) is 51.5. The summed E-state index contributed by atoms with van der Waals surface area (Å²) in [5, 5.41) is 11.7. The van der Waals surface area contributed by atoms with E-state index in [-0.39, 0.29) is 36.3 Å². The molecule has 6 aromatic carbocycles. The maximum absolute atomic E-state index is 13.2. The summed E-state index contributed by atoms with van der Waals surface area (Å²) in [6.07, 6.45) is 6.51. The fourth-order valence-electron chi connectivity index (χ4n) is 8.92. The van der Waals surface area contributed by atoms with Gasteiger partial charge >= 0.3 is 5.97 Å². The van der Waals surface area contributed by atoms with Gasteiger partial charge in [0, 0.05) is 22.7 Å². The maximum Gasteiger partial charge on any atom is 0.335 e. The fraction of sp³-hybridized carbons (Fsp3) is 0.298. The molecule has 380 valence electrons. The Morgan fingerprint density at radius 2 is 1.03 bits per heavy atom. The van der Waals surface area contributed by atoms with Crippen LogP contribution >= 0.6 is 23.5 Å². The highest BCUT2D eigenvalue weighted by Crippen LogP contribution is 2.51. The van der Waals surface area contributed by atoms with E-state index in [2.05, 4.69) is 5.32 Å². The molecule has 0 bridgehead atoms. The number of amides is 1. The summed E-state index contributed by atoms with van der Waals surface area (Å²) in [7, 11) is 9.55. The van der Waals surface area contributed by atoms with Crippen LogP contribution in [-0.2, 0) is 12.8 Å². The van der Waals surface area contributed by atoms with Crippen LogP contribution in [0.5, 0.6) is 34.5 Å². The summed E-state index contributed by atoms with van der Waals surface area (Å²) in [6.45, 7) is 3.82. The fourth-order valence-corrected chi connectivity index (χ4v) is 9.85. The molecule has 15 heteroatoms. The summed E-state index contributed by atoms with van der Waals surface area (Å²) in [5.41, 5.74) is 16.4. The van der Waals surface area contributed by atoms with Crippen LogP contribution in [0, 0.1) is 13.8 Å². The van der Waals surface area contributed by atoms with Gasteiger partial charge < -0.3 is 44.6 Å². The van der Waals surface area contributed by atoms with E-state index >= 15 is 0 Å². The molecule has 4 N–H and O–H groups in total. The van der Waals surface area contributed by atoms with Gasteiger partial charge in [0.15, 0.2) is 33.9 Å². The Balaban J connectivity index is 0.000000228. The average molecular weight is 1020 g/mol. The van der Waals surface area contributed by atoms with Crippen molar-refractivity contribution in [2.75, 3.05) is 55.2 Å². The lowest BCUT2D eigenvalue weighted by molar-refractivity contribution is 0.0696. The summed E-state index contributed by atoms with van der Waals surface area (Å²) >= 11 is 2.83. The number of thioether (sulfide) groups is 2. The lowest BCUT2D eigenvalue weighted by Gasteiger charge is -2.20. The second-order valence-corrected chi connectivity index (χ2v) is 18.4. The molecular weight excluding hydrogens is 953 g/mol. The number of carbonyl (C=O) groups excluding carboxylic acids is 1. The molecule has 8 rings (SSSR count). The maximum atomic E-state index is 13.2. The van der Waals surface area contributed by atoms with Gasteiger partial charge in [0.2, 0.25) is 11.5 Å². The molecule has 0 radical (unpaired) electrons. The average Bonchev–Trinajstić information content (AvgIpc) is 3.77. The molecule has 1 amide bonds. The minimum atomic E-state index is -0.872. The highest BCUT2D eigenvalue weighted by Gasteiger charge is 2.31. The number of hydrogen-bond donors (Lipinski definition) is 3. The van der Waals surface area contributed by atoms with E-state index in [4.69, 9.17) is 39.3 Å². The molecule has 0 spiro atoms. The molecule has 0 aromatic heterocycles. The van der Waals surface area contributed by atoms with Gasteiger partial charge in [-0.15, -0.1) is 23.5 Å². The summed E-state index contributed by atoms with van der Waals surface area (Å²) < 4.78 is 33.8. The number of carboxylic acids is 1. The van der Waals surface area contributed by atoms with E-state index in [0.29, 0.717) is 68.3 Å². The van der Waals surface area contributed by atoms with E-state index in [0.717, 1.165) is 68.5 Å². The third-order valence-electron chi connectivity index (χ3n) is 12.3. The largest absolute Gasteiger partial charge is 0.493 e. The van der Waals surface area contributed by atoms with Gasteiger partial charge in [0.1, 0.15) is 0 Å². The van der Waals surface area contributed by atoms with Crippen LogP contribution < -0.4 is 50.3 Å². The lowest BCUT2D eigenvalue weighted by atomic mass is 9.95. The van der Waals surface area contributed by atoms with Crippen LogP contribution in [0.4, 0.5) is 0 Å². The number of hydrogen-bond acceptors (Lipinski definition) is 13. The van der Waals surface area contributed by atoms with Crippen molar-refractivity contribution in [2.24, 2.45) is 5.73 Å². The topological polar surface area (TPSA) is 182 Å². The van der Waals surface area contributed by atoms with Crippen LogP contribution in [0.2, 0.25) is 0 Å². The summed E-state index contributed by atoms with van der Waals surface area (Å²) in [4.78, 5) is 50.5. The predicted molar refractivity (Wildman–Crippen MR) is 289 cm³/mol. The Labute approximate surface area is 430 Å². The van der Waals surface area contributed by atoms with E-state index in [9.17, 15) is 19.2 Å². The van der Waals surface area contributed by atoms with Gasteiger partial charge in [-0.25, -0.2) is 4.79 Å². The zero-order valence-electron chi connectivity index (χ0n) is 41.6. The standard InChI is InChI=1S/C28H29NO5S.C20H23NO4S.C8H8O2.CH4/c1-16-7-6-8-18(13-16)28(31)29-21-11-9-17-14-23(32-2)26(33-3)27(34-4)25(17)19-10-12-24(35-5)22(30)15-20(19)21;1-23-16-9-11-5-7-14(21)13-10-15(22)17(26-4)8-6-12(13)18(11)20(25-3)19(16)24-2;1-6-3-2-4-7(5-6)8(9)10;/h6-8,10,12-15,21H,9,11H2,1-5H3,(H,29,31);6,8-10,14H,5,7,21H2,1-4H3;2-5H,1H3,(H,9,10);1H4/t21-;14-;;/m00../s1. The van der Waals surface area contributed by atoms with Crippen molar-refractivity contribution < 1.29 is 43.1 Å². The summed E-state index contributed by atoms with van der Waals surface area (Å²) in [5.74, 6) is 2.30. The molecule has 0 saturated carbocycles. The van der Waals surface area contributed by atoms with E-state index in [1.807, 2.05) is 87.0 Å². The number of aromatic carboxylic acids is 1. The minimum absolute atomic E-state index is 0. The van der Waals surface area contributed by atoms with E-state index in [1.165, 1.54) is 23.5 Å². The van der Waals surface area contributed by atoms with Crippen molar-refractivity contribution in [1.82, 2.24) is 5.32 Å². The number of benzene rings is 4. The Hall–Kier alpha value is -6.94. The Bertz CT molecular complexity index is 3070. The number of rotatable bonds is 11. The van der Waals surface area contributed by atoms with Crippen LogP contribution in [0.3, 0.4) is 0 Å². The first kappa shape index (κ1) is 56.0. The molecule has 2 aliphatic rings. The lowest BCUT2D eigenvalue weighted by Crippen LogP contribution is -2.29. The van der Waals surface area contributed by atoms with Crippen molar-refractivity contribution in [3.8, 4) is 56.8 Å². The third kappa shape index (κ3) is 12.2. The molecule has 0 saturated heterocycles. The zero-order valence-corrected chi connectivity index (χ0v) is 43.3. The Morgan fingerprint density at radius 1 is 0.583 bits per heavy atom. The second-order valence-electron chi connectivity index (χ2n) is 16.7. The van der Waals surface area contributed by atoms with Crippen LogP contribution in [-0.4, -0.2) is 72.2 Å². The minimum Gasteiger partial charge on any atom is -0.493 e. The van der Waals surface area contributed by atoms with Crippen molar-refractivity contribution >= 4 is 35.4 Å². The van der Waals surface area contributed by atoms with Gasteiger partial charge in [-0.3, -0.25) is 14.4 Å². The molecular formula is C57H64N2O11S2. The van der Waals surface area contributed by atoms with E-state index < -0.39 is 5.97 Å². The van der Waals surface area contributed by atoms with Gasteiger partial charge in [0.05, 0.1) is 64.1 Å². The normalized spacial score (nSPS) is 13.8. The molecule has 2 aliphatic carbocycles. The molecule has 2 atom stereocenters. The van der Waals surface area contributed by atoms with Gasteiger partial charge in [0.25, 0.3) is 5.91 Å². The highest BCUT2D eigenvalue weighted by atomic mass is 32.2. The molecule has 0 heterocycles. The van der Waals surface area contributed by atoms with E-state index in [1.54, 1.807) is 79.1 Å². The van der Waals surface area contributed by atoms with Gasteiger partial charge in [-0.1, -0.05) is 55.0 Å². The number of fused-ring (bicyclic) bond motifs is 6. The smallest absolute Gasteiger partial charge is 0.335 e. The Morgan fingerprint density at radius 3 is 1.46 bits per heavy atom. The monoisotopic (exact) mass is 1020 g/mol. The number of ether oxygens (including phenoxy) is 6. The number of nitrogens with one attached hydrogen (secondary N) is 1. The molecule has 0 fully saturated rings. The first-order chi connectivity index (χ1) is 34.2. The Kier molecular flexibility index (Phi) is 19.8. The van der Waals surface area contributed by atoms with Crippen molar-refractivity contribution in [1.29, 1.82) is 0 Å². The van der Waals surface area contributed by atoms with Crippen molar-refractivity contribution in [2.45, 2.75) is 68.8 Å². The van der Waals surface area contributed by atoms with Gasteiger partial charge in [-0.05, 0) is 146 Å². The third-order valence-corrected chi connectivity index (χ3v) is 13.9. The number of methoxy groups -OCH3 is 6. The van der Waals surface area contributed by atoms with Crippen LogP contribution in [0.15, 0.2) is 116 Å². The van der Waals surface area contributed by atoms with Crippen LogP contribution in [0.1, 0.15) is 86.4 Å².